The van der Waals surface area contributed by atoms with Crippen molar-refractivity contribution < 1.29 is 13.9 Å². The zero-order valence-corrected chi connectivity index (χ0v) is 12.9. The quantitative estimate of drug-likeness (QED) is 0.752. The first-order valence-electron chi connectivity index (χ1n) is 6.96. The lowest BCUT2D eigenvalue weighted by atomic mass is 10.1. The topological polar surface area (TPSA) is 84.0 Å². The van der Waals surface area contributed by atoms with Crippen molar-refractivity contribution in [3.63, 3.8) is 0 Å². The first-order valence-corrected chi connectivity index (χ1v) is 6.96. The van der Waals surface area contributed by atoms with E-state index in [4.69, 9.17) is 5.26 Å². The Morgan fingerprint density at radius 3 is 2.91 bits per heavy atom. The molecule has 120 valence electrons. The van der Waals surface area contributed by atoms with Crippen LogP contribution in [0.3, 0.4) is 0 Å². The Morgan fingerprint density at radius 1 is 1.52 bits per heavy atom. The van der Waals surface area contributed by atoms with E-state index in [0.717, 1.165) is 0 Å². The number of hydrogen-bond donors (Lipinski definition) is 0. The van der Waals surface area contributed by atoms with Crippen LogP contribution in [0.25, 0.3) is 0 Å². The molecule has 0 atom stereocenters. The number of carbonyl (C=O) groups excluding carboxylic acids is 1. The molecule has 1 heterocycles. The van der Waals surface area contributed by atoms with Crippen molar-refractivity contribution in [2.45, 2.75) is 20.1 Å². The summed E-state index contributed by atoms with van der Waals surface area (Å²) in [7, 11) is 1.26. The van der Waals surface area contributed by atoms with Gasteiger partial charge in [-0.25, -0.2) is 18.9 Å². The van der Waals surface area contributed by atoms with Crippen LogP contribution in [0.15, 0.2) is 24.5 Å². The average Bonchev–Trinajstić information content (AvgIpc) is 3.03. The summed E-state index contributed by atoms with van der Waals surface area (Å²) in [5.41, 5.74) is 0.771. The summed E-state index contributed by atoms with van der Waals surface area (Å²) in [5.74, 6) is -1.05. The third-order valence-corrected chi connectivity index (χ3v) is 3.27. The number of nitrogens with zero attached hydrogens (tertiary/aromatic N) is 5. The van der Waals surface area contributed by atoms with Crippen molar-refractivity contribution in [1.82, 2.24) is 19.7 Å². The molecule has 0 bridgehead atoms. The van der Waals surface area contributed by atoms with Crippen LogP contribution in [0.5, 0.6) is 0 Å². The maximum absolute atomic E-state index is 14.0. The summed E-state index contributed by atoms with van der Waals surface area (Å²) in [4.78, 5) is 17.1. The van der Waals surface area contributed by atoms with Gasteiger partial charge in [0, 0.05) is 12.1 Å². The second kappa shape index (κ2) is 7.47. The smallest absolute Gasteiger partial charge is 0.377 e. The number of methoxy groups -OCH3 is 1. The van der Waals surface area contributed by atoms with Gasteiger partial charge in [0.05, 0.1) is 25.4 Å². The monoisotopic (exact) mass is 317 g/mol. The van der Waals surface area contributed by atoms with E-state index in [2.05, 4.69) is 14.8 Å². The van der Waals surface area contributed by atoms with E-state index in [1.54, 1.807) is 12.1 Å². The van der Waals surface area contributed by atoms with Gasteiger partial charge in [0.15, 0.2) is 0 Å². The van der Waals surface area contributed by atoms with Crippen LogP contribution in [-0.4, -0.2) is 39.3 Å². The number of ether oxygens (including phenoxy) is 1. The van der Waals surface area contributed by atoms with E-state index in [-0.39, 0.29) is 11.4 Å². The van der Waals surface area contributed by atoms with E-state index in [1.807, 2.05) is 17.9 Å². The molecule has 23 heavy (non-hydrogen) atoms. The molecule has 0 N–H and O–H groups in total. The maximum atomic E-state index is 14.0. The average molecular weight is 317 g/mol. The van der Waals surface area contributed by atoms with Crippen molar-refractivity contribution >= 4 is 5.97 Å². The van der Waals surface area contributed by atoms with E-state index in [1.165, 1.54) is 24.2 Å². The van der Waals surface area contributed by atoms with Gasteiger partial charge in [0.1, 0.15) is 12.1 Å². The van der Waals surface area contributed by atoms with Gasteiger partial charge in [0.2, 0.25) is 0 Å². The molecule has 0 aliphatic carbocycles. The number of benzene rings is 1. The molecule has 0 aliphatic rings. The molecule has 0 fully saturated rings. The molecule has 0 saturated carbocycles. The molecule has 0 unspecified atom stereocenters. The van der Waals surface area contributed by atoms with Crippen LogP contribution in [0.4, 0.5) is 4.39 Å². The highest BCUT2D eigenvalue weighted by molar-refractivity contribution is 5.84. The zero-order chi connectivity index (χ0) is 16.8. The van der Waals surface area contributed by atoms with Crippen molar-refractivity contribution in [3.05, 3.63) is 47.3 Å². The van der Waals surface area contributed by atoms with Gasteiger partial charge in [-0.3, -0.25) is 4.90 Å². The molecule has 2 rings (SSSR count). The number of aromatic nitrogens is 3. The highest BCUT2D eigenvalue weighted by Gasteiger charge is 2.14. The molecule has 1 aromatic carbocycles. The predicted molar refractivity (Wildman–Crippen MR) is 78.6 cm³/mol. The van der Waals surface area contributed by atoms with Crippen LogP contribution < -0.4 is 0 Å². The SMILES string of the molecule is CCN(Cc1ccc(C#N)cc1F)Cn1cnc(C(=O)OC)n1. The summed E-state index contributed by atoms with van der Waals surface area (Å²) in [5, 5.41) is 12.8. The van der Waals surface area contributed by atoms with Gasteiger partial charge in [-0.05, 0) is 18.7 Å². The van der Waals surface area contributed by atoms with Crippen LogP contribution in [-0.2, 0) is 18.0 Å². The second-order valence-corrected chi connectivity index (χ2v) is 4.80. The first kappa shape index (κ1) is 16.6. The minimum atomic E-state index is -0.607. The largest absolute Gasteiger partial charge is 0.463 e. The number of hydrogen-bond acceptors (Lipinski definition) is 6. The molecule has 8 heteroatoms. The van der Waals surface area contributed by atoms with Gasteiger partial charge in [0.25, 0.3) is 5.82 Å². The first-order chi connectivity index (χ1) is 11.1. The van der Waals surface area contributed by atoms with Gasteiger partial charge < -0.3 is 4.74 Å². The summed E-state index contributed by atoms with van der Waals surface area (Å²) in [6.07, 6.45) is 1.42. The third kappa shape index (κ3) is 4.11. The molecule has 2 aromatic rings. The summed E-state index contributed by atoms with van der Waals surface area (Å²) >= 11 is 0. The molecule has 0 aliphatic heterocycles. The van der Waals surface area contributed by atoms with Crippen molar-refractivity contribution in [2.24, 2.45) is 0 Å². The molecule has 0 spiro atoms. The number of carbonyl (C=O) groups is 1. The Kier molecular flexibility index (Phi) is 5.38. The molecule has 7 nitrogen and oxygen atoms in total. The molecule has 0 radical (unpaired) electrons. The third-order valence-electron chi connectivity index (χ3n) is 3.27. The highest BCUT2D eigenvalue weighted by atomic mass is 19.1. The fourth-order valence-corrected chi connectivity index (χ4v) is 2.00. The standard InChI is InChI=1S/C15H16FN5O2/c1-3-20(8-12-5-4-11(7-17)6-13(12)16)10-21-9-18-14(19-21)15(22)23-2/h4-6,9H,3,8,10H2,1-2H3. The summed E-state index contributed by atoms with van der Waals surface area (Å²) in [6.45, 7) is 3.27. The normalized spacial score (nSPS) is 10.6. The van der Waals surface area contributed by atoms with Crippen molar-refractivity contribution in [2.75, 3.05) is 13.7 Å². The van der Waals surface area contributed by atoms with Crippen LogP contribution in [0, 0.1) is 17.1 Å². The highest BCUT2D eigenvalue weighted by Crippen LogP contribution is 2.13. The Bertz CT molecular complexity index is 738. The molecule has 0 saturated heterocycles. The van der Waals surface area contributed by atoms with Crippen LogP contribution >= 0.6 is 0 Å². The molecule has 1 aromatic heterocycles. The number of esters is 1. The fourth-order valence-electron chi connectivity index (χ4n) is 2.00. The van der Waals surface area contributed by atoms with Gasteiger partial charge >= 0.3 is 5.97 Å². The second-order valence-electron chi connectivity index (χ2n) is 4.80. The Balaban J connectivity index is 2.07. The lowest BCUT2D eigenvalue weighted by Crippen LogP contribution is -2.26. The Labute approximate surface area is 132 Å². The summed E-state index contributed by atoms with van der Waals surface area (Å²) in [6, 6.07) is 6.29. The van der Waals surface area contributed by atoms with Crippen molar-refractivity contribution in [1.29, 1.82) is 5.26 Å². The number of rotatable bonds is 6. The maximum Gasteiger partial charge on any atom is 0.377 e. The van der Waals surface area contributed by atoms with Gasteiger partial charge in [-0.1, -0.05) is 13.0 Å². The minimum Gasteiger partial charge on any atom is -0.463 e. The Morgan fingerprint density at radius 2 is 2.30 bits per heavy atom. The molecule has 0 amide bonds. The van der Waals surface area contributed by atoms with Gasteiger partial charge in [-0.2, -0.15) is 5.26 Å². The van der Waals surface area contributed by atoms with Crippen molar-refractivity contribution in [3.8, 4) is 6.07 Å². The minimum absolute atomic E-state index is 0.0203. The van der Waals surface area contributed by atoms with Gasteiger partial charge in [-0.15, -0.1) is 5.10 Å². The van der Waals surface area contributed by atoms with Crippen LogP contribution in [0.1, 0.15) is 28.7 Å². The summed E-state index contributed by atoms with van der Waals surface area (Å²) < 4.78 is 20.0. The molecular weight excluding hydrogens is 301 g/mol. The Hall–Kier alpha value is -2.79. The van der Waals surface area contributed by atoms with E-state index >= 15 is 0 Å². The lowest BCUT2D eigenvalue weighted by molar-refractivity contribution is 0.0585. The zero-order valence-electron chi connectivity index (χ0n) is 12.9. The van der Waals surface area contributed by atoms with Crippen LogP contribution in [0.2, 0.25) is 0 Å². The number of halogens is 1. The molecular formula is C15H16FN5O2. The lowest BCUT2D eigenvalue weighted by Gasteiger charge is -2.20. The fraction of sp³-hybridized carbons (Fsp3) is 0.333. The van der Waals surface area contributed by atoms with E-state index in [0.29, 0.717) is 25.3 Å². The van der Waals surface area contributed by atoms with E-state index < -0.39 is 11.8 Å². The van der Waals surface area contributed by atoms with E-state index in [9.17, 15) is 9.18 Å². The number of nitriles is 1. The predicted octanol–water partition coefficient (Wildman–Crippen LogP) is 1.56.